The van der Waals surface area contributed by atoms with Crippen molar-refractivity contribution >= 4 is 11.8 Å². The Bertz CT molecular complexity index is 796. The van der Waals surface area contributed by atoms with Crippen molar-refractivity contribution in [2.24, 2.45) is 0 Å². The highest BCUT2D eigenvalue weighted by atomic mass is 16.6. The molecule has 0 spiro atoms. The van der Waals surface area contributed by atoms with E-state index < -0.39 is 5.60 Å². The Labute approximate surface area is 257 Å². The average molecular weight is 619 g/mol. The van der Waals surface area contributed by atoms with Crippen LogP contribution in [0.4, 0.5) is 10.5 Å². The molecule has 0 aromatic heterocycles. The number of nitrogens with two attached hydrogens (primary N) is 1. The molecule has 2 N–H and O–H groups in total. The van der Waals surface area contributed by atoms with Gasteiger partial charge < -0.3 is 58.0 Å². The van der Waals surface area contributed by atoms with E-state index in [4.69, 9.17) is 53.1 Å². The number of rotatable bonds is 28. The molecule has 0 aliphatic carbocycles. The second-order valence-electron chi connectivity index (χ2n) is 10.2. The molecule has 0 bridgehead atoms. The van der Waals surface area contributed by atoms with Gasteiger partial charge in [0.15, 0.2) is 0 Å². The summed E-state index contributed by atoms with van der Waals surface area (Å²) in [5, 5.41) is 0. The molecule has 1 amide bonds. The van der Waals surface area contributed by atoms with Gasteiger partial charge in [0.25, 0.3) is 0 Å². The van der Waals surface area contributed by atoms with Crippen LogP contribution < -0.4 is 10.5 Å². The number of para-hydroxylation sites is 2. The summed E-state index contributed by atoms with van der Waals surface area (Å²) in [7, 11) is 1.68. The number of hydrogen-bond acceptors (Lipinski definition) is 12. The van der Waals surface area contributed by atoms with E-state index >= 15 is 0 Å². The van der Waals surface area contributed by atoms with Gasteiger partial charge in [0, 0.05) is 13.6 Å². The van der Waals surface area contributed by atoms with Crippen molar-refractivity contribution < 1.29 is 52.2 Å². The summed E-state index contributed by atoms with van der Waals surface area (Å²) in [6, 6.07) is 7.37. The molecule has 1 aromatic rings. The predicted molar refractivity (Wildman–Crippen MR) is 162 cm³/mol. The van der Waals surface area contributed by atoms with Gasteiger partial charge in [-0.2, -0.15) is 0 Å². The third-order valence-corrected chi connectivity index (χ3v) is 5.28. The first-order valence-electron chi connectivity index (χ1n) is 14.8. The van der Waals surface area contributed by atoms with E-state index in [-0.39, 0.29) is 6.09 Å². The highest BCUT2D eigenvalue weighted by molar-refractivity contribution is 5.67. The van der Waals surface area contributed by atoms with Crippen molar-refractivity contribution in [2.75, 3.05) is 132 Å². The zero-order chi connectivity index (χ0) is 31.4. The molecule has 1 aromatic carbocycles. The van der Waals surface area contributed by atoms with Crippen LogP contribution in [0.15, 0.2) is 24.3 Å². The fraction of sp³-hybridized carbons (Fsp3) is 0.767. The molecule has 0 atom stereocenters. The zero-order valence-electron chi connectivity index (χ0n) is 26.6. The maximum Gasteiger partial charge on any atom is 0.410 e. The molecule has 1 rings (SSSR count). The van der Waals surface area contributed by atoms with Gasteiger partial charge in [-0.05, 0) is 32.9 Å². The summed E-state index contributed by atoms with van der Waals surface area (Å²) in [5.74, 6) is 0.665. The molecule has 0 unspecified atom stereocenters. The second-order valence-corrected chi connectivity index (χ2v) is 10.2. The van der Waals surface area contributed by atoms with Crippen LogP contribution in [-0.2, 0) is 42.6 Å². The number of amides is 1. The van der Waals surface area contributed by atoms with E-state index in [1.54, 1.807) is 13.1 Å². The van der Waals surface area contributed by atoms with Gasteiger partial charge in [-0.3, -0.25) is 0 Å². The molecule has 0 radical (unpaired) electrons. The minimum atomic E-state index is -0.509. The molecular weight excluding hydrogens is 564 g/mol. The number of anilines is 1. The number of hydrogen-bond donors (Lipinski definition) is 1. The number of carbonyl (C=O) groups excluding carboxylic acids is 1. The summed E-state index contributed by atoms with van der Waals surface area (Å²) in [6.07, 6.45) is -0.364. The maximum absolute atomic E-state index is 11.8. The number of ether oxygens (including phenoxy) is 10. The molecule has 0 saturated carbocycles. The fourth-order valence-electron chi connectivity index (χ4n) is 3.10. The van der Waals surface area contributed by atoms with Crippen molar-refractivity contribution in [3.8, 4) is 5.75 Å². The van der Waals surface area contributed by atoms with E-state index in [0.29, 0.717) is 130 Å². The number of nitrogen functional groups attached to an aromatic ring is 1. The van der Waals surface area contributed by atoms with Crippen LogP contribution in [0.25, 0.3) is 0 Å². The number of benzene rings is 1. The molecule has 0 saturated heterocycles. The highest BCUT2D eigenvalue weighted by Crippen LogP contribution is 2.19. The van der Waals surface area contributed by atoms with Crippen molar-refractivity contribution in [1.29, 1.82) is 0 Å². The molecule has 250 valence electrons. The standard InChI is InChI=1S/C30H54N2O11/c1-30(2,3)43-29(33)32(4)9-10-34-11-12-35-13-14-36-15-16-37-17-18-38-19-20-39-21-22-40-23-24-41-25-26-42-28-8-6-5-7-27(28)31/h5-8H,9-26,31H2,1-4H3. The van der Waals surface area contributed by atoms with Crippen LogP contribution in [0, 0.1) is 0 Å². The third kappa shape index (κ3) is 24.9. The van der Waals surface area contributed by atoms with Crippen molar-refractivity contribution in [2.45, 2.75) is 26.4 Å². The van der Waals surface area contributed by atoms with Gasteiger partial charge in [-0.1, -0.05) is 12.1 Å². The van der Waals surface area contributed by atoms with Crippen molar-refractivity contribution in [3.63, 3.8) is 0 Å². The van der Waals surface area contributed by atoms with Gasteiger partial charge >= 0.3 is 6.09 Å². The predicted octanol–water partition coefficient (Wildman–Crippen LogP) is 2.65. The Balaban J connectivity index is 1.70. The molecule has 13 nitrogen and oxygen atoms in total. The average Bonchev–Trinajstić information content (AvgIpc) is 2.96. The summed E-state index contributed by atoms with van der Waals surface area (Å²) < 4.78 is 54.6. The van der Waals surface area contributed by atoms with Gasteiger partial charge in [-0.25, -0.2) is 4.79 Å². The lowest BCUT2D eigenvalue weighted by Crippen LogP contribution is -2.36. The van der Waals surface area contributed by atoms with Gasteiger partial charge in [0.1, 0.15) is 18.0 Å². The van der Waals surface area contributed by atoms with Gasteiger partial charge in [0.05, 0.1) is 111 Å². The van der Waals surface area contributed by atoms with Crippen LogP contribution in [0.5, 0.6) is 5.75 Å². The monoisotopic (exact) mass is 618 g/mol. The van der Waals surface area contributed by atoms with Crippen LogP contribution in [0.2, 0.25) is 0 Å². The highest BCUT2D eigenvalue weighted by Gasteiger charge is 2.19. The van der Waals surface area contributed by atoms with E-state index in [0.717, 1.165) is 0 Å². The minimum Gasteiger partial charge on any atom is -0.489 e. The van der Waals surface area contributed by atoms with Crippen molar-refractivity contribution in [1.82, 2.24) is 4.90 Å². The van der Waals surface area contributed by atoms with Crippen LogP contribution in [0.1, 0.15) is 20.8 Å². The van der Waals surface area contributed by atoms with Crippen LogP contribution in [-0.4, -0.2) is 143 Å². The lowest BCUT2D eigenvalue weighted by atomic mass is 10.2. The van der Waals surface area contributed by atoms with E-state index in [2.05, 4.69) is 0 Å². The summed E-state index contributed by atoms with van der Waals surface area (Å²) >= 11 is 0. The molecule has 0 heterocycles. The molecule has 0 fully saturated rings. The molecule has 0 aliphatic heterocycles. The number of carbonyl (C=O) groups is 1. The Hall–Kier alpha value is -2.23. The maximum atomic E-state index is 11.8. The minimum absolute atomic E-state index is 0.364. The molecule has 43 heavy (non-hydrogen) atoms. The Morgan fingerprint density at radius 2 is 0.953 bits per heavy atom. The summed E-state index contributed by atoms with van der Waals surface area (Å²) in [6.45, 7) is 14.1. The molecule has 13 heteroatoms. The lowest BCUT2D eigenvalue weighted by Gasteiger charge is -2.24. The van der Waals surface area contributed by atoms with Crippen LogP contribution in [0.3, 0.4) is 0 Å². The number of nitrogens with zero attached hydrogens (tertiary/aromatic N) is 1. The quantitative estimate of drug-likeness (QED) is 0.109. The Morgan fingerprint density at radius 3 is 1.33 bits per heavy atom. The normalized spacial score (nSPS) is 11.5. The van der Waals surface area contributed by atoms with E-state index in [1.165, 1.54) is 4.90 Å². The summed E-state index contributed by atoms with van der Waals surface area (Å²) in [4.78, 5) is 13.3. The topological polar surface area (TPSA) is 139 Å². The third-order valence-electron chi connectivity index (χ3n) is 5.28. The SMILES string of the molecule is CN(CCOCCOCCOCCOCCOCCOCCOCCOCCOc1ccccc1N)C(=O)OC(C)(C)C. The van der Waals surface area contributed by atoms with Gasteiger partial charge in [-0.15, -0.1) is 0 Å². The van der Waals surface area contributed by atoms with Crippen molar-refractivity contribution in [3.05, 3.63) is 24.3 Å². The van der Waals surface area contributed by atoms with Gasteiger partial charge in [0.2, 0.25) is 0 Å². The Morgan fingerprint density at radius 1 is 0.605 bits per heavy atom. The number of likely N-dealkylation sites (N-methyl/N-ethyl adjacent to an activating group) is 1. The largest absolute Gasteiger partial charge is 0.489 e. The first kappa shape index (κ1) is 38.8. The second kappa shape index (κ2) is 26.2. The van der Waals surface area contributed by atoms with E-state index in [9.17, 15) is 4.79 Å². The Kier molecular flexibility index (Phi) is 23.6. The zero-order valence-corrected chi connectivity index (χ0v) is 26.6. The molecular formula is C30H54N2O11. The van der Waals surface area contributed by atoms with E-state index in [1.807, 2.05) is 39.0 Å². The lowest BCUT2D eigenvalue weighted by molar-refractivity contribution is -0.0241. The van der Waals surface area contributed by atoms with Crippen LogP contribution >= 0.6 is 0 Å². The first-order chi connectivity index (χ1) is 20.8. The smallest absolute Gasteiger partial charge is 0.410 e. The first-order valence-corrected chi connectivity index (χ1v) is 14.8. The molecule has 0 aliphatic rings. The summed E-state index contributed by atoms with van der Waals surface area (Å²) in [5.41, 5.74) is 5.92. The fourth-order valence-corrected chi connectivity index (χ4v) is 3.10.